The topological polar surface area (TPSA) is 21.1 Å². The van der Waals surface area contributed by atoms with Crippen molar-refractivity contribution in [1.29, 1.82) is 0 Å². The number of aryl methyl sites for hydroxylation is 2. The van der Waals surface area contributed by atoms with Gasteiger partial charge in [-0.15, -0.1) is 0 Å². The number of rotatable bonds is 3. The number of nitrogens with zero attached hydrogens (tertiary/aromatic N) is 3. The summed E-state index contributed by atoms with van der Waals surface area (Å²) >= 11 is 3.71. The molecular weight excluding hydrogens is 326 g/mol. The molecule has 0 saturated carbocycles. The van der Waals surface area contributed by atoms with Crippen LogP contribution in [0.4, 0.5) is 0 Å². The summed E-state index contributed by atoms with van der Waals surface area (Å²) in [5.74, 6) is 0. The van der Waals surface area contributed by atoms with Crippen molar-refractivity contribution in [2.45, 2.75) is 39.8 Å². The summed E-state index contributed by atoms with van der Waals surface area (Å²) in [5.41, 5.74) is 5.42. The van der Waals surface area contributed by atoms with E-state index >= 15 is 0 Å². The van der Waals surface area contributed by atoms with Gasteiger partial charge in [-0.2, -0.15) is 5.10 Å². The van der Waals surface area contributed by atoms with Crippen molar-refractivity contribution in [3.8, 4) is 0 Å². The van der Waals surface area contributed by atoms with Gasteiger partial charge in [0.1, 0.15) is 0 Å². The summed E-state index contributed by atoms with van der Waals surface area (Å²) in [7, 11) is 0. The van der Waals surface area contributed by atoms with Crippen LogP contribution in [-0.2, 0) is 25.9 Å². The third-order valence-electron chi connectivity index (χ3n) is 4.34. The molecule has 2 heterocycles. The van der Waals surface area contributed by atoms with E-state index in [1.54, 1.807) is 0 Å². The Morgan fingerprint density at radius 3 is 2.33 bits per heavy atom. The van der Waals surface area contributed by atoms with Crippen molar-refractivity contribution >= 4 is 15.9 Å². The lowest BCUT2D eigenvalue weighted by molar-refractivity contribution is 0.269. The van der Waals surface area contributed by atoms with Crippen molar-refractivity contribution in [1.82, 2.24) is 14.7 Å². The van der Waals surface area contributed by atoms with Gasteiger partial charge in [0.25, 0.3) is 0 Å². The van der Waals surface area contributed by atoms with Crippen molar-refractivity contribution < 1.29 is 0 Å². The first kappa shape index (κ1) is 14.8. The highest BCUT2D eigenvalue weighted by Gasteiger charge is 2.18. The van der Waals surface area contributed by atoms with E-state index in [0.717, 1.165) is 44.7 Å². The minimum absolute atomic E-state index is 0.926. The molecule has 3 rings (SSSR count). The first-order valence-corrected chi connectivity index (χ1v) is 8.49. The molecule has 0 N–H and O–H groups in total. The molecule has 0 aliphatic carbocycles. The lowest BCUT2D eigenvalue weighted by Gasteiger charge is -2.20. The van der Waals surface area contributed by atoms with Crippen LogP contribution in [0.1, 0.15) is 29.4 Å². The smallest absolute Gasteiger partial charge is 0.0739 e. The first-order chi connectivity index (χ1) is 10.2. The molecule has 2 aromatic rings. The predicted octanol–water partition coefficient (Wildman–Crippen LogP) is 3.57. The average Bonchev–Trinajstić information content (AvgIpc) is 2.68. The number of hydrogen-bond donors (Lipinski definition) is 0. The lowest BCUT2D eigenvalue weighted by atomic mass is 10.0. The van der Waals surface area contributed by atoms with Gasteiger partial charge in [0.05, 0.1) is 15.9 Å². The molecule has 1 aliphatic rings. The maximum Gasteiger partial charge on any atom is 0.0739 e. The third-order valence-corrected chi connectivity index (χ3v) is 5.37. The molecule has 3 nitrogen and oxygen atoms in total. The normalized spacial score (nSPS) is 15.8. The zero-order valence-electron chi connectivity index (χ0n) is 12.8. The molecule has 1 aliphatic heterocycles. The number of hydrogen-bond acceptors (Lipinski definition) is 2. The van der Waals surface area contributed by atoms with Gasteiger partial charge < -0.3 is 0 Å². The molecule has 1 aromatic carbocycles. The summed E-state index contributed by atoms with van der Waals surface area (Å²) in [6.45, 7) is 8.37. The molecule has 21 heavy (non-hydrogen) atoms. The standard InChI is InChI=1S/C17H22BrN3/c1-3-21-16(17(18)13(2)19-21)12-20-10-8-14-6-4-5-7-15(14)9-11-20/h4-7H,3,8-12H2,1-2H3. The minimum atomic E-state index is 0.926. The monoisotopic (exact) mass is 347 g/mol. The summed E-state index contributed by atoms with van der Waals surface area (Å²) in [4.78, 5) is 2.55. The molecule has 0 bridgehead atoms. The fourth-order valence-electron chi connectivity index (χ4n) is 3.10. The van der Waals surface area contributed by atoms with Gasteiger partial charge in [-0.1, -0.05) is 24.3 Å². The maximum atomic E-state index is 4.60. The van der Waals surface area contributed by atoms with E-state index in [4.69, 9.17) is 0 Å². The van der Waals surface area contributed by atoms with Crippen LogP contribution in [0.15, 0.2) is 28.7 Å². The molecule has 1 aromatic heterocycles. The Labute approximate surface area is 135 Å². The Hall–Kier alpha value is -1.13. The van der Waals surface area contributed by atoms with Crippen LogP contribution in [0.5, 0.6) is 0 Å². The van der Waals surface area contributed by atoms with Crippen molar-refractivity contribution in [3.63, 3.8) is 0 Å². The van der Waals surface area contributed by atoms with Crippen LogP contribution in [-0.4, -0.2) is 27.8 Å². The zero-order valence-corrected chi connectivity index (χ0v) is 14.4. The largest absolute Gasteiger partial charge is 0.297 e. The molecule has 0 saturated heterocycles. The van der Waals surface area contributed by atoms with Gasteiger partial charge in [-0.05, 0) is 53.7 Å². The zero-order chi connectivity index (χ0) is 14.8. The molecule has 0 fully saturated rings. The van der Waals surface area contributed by atoms with Crippen LogP contribution in [0, 0.1) is 6.92 Å². The van der Waals surface area contributed by atoms with Gasteiger partial charge in [0.15, 0.2) is 0 Å². The van der Waals surface area contributed by atoms with Crippen molar-refractivity contribution in [2.75, 3.05) is 13.1 Å². The maximum absolute atomic E-state index is 4.60. The van der Waals surface area contributed by atoms with Gasteiger partial charge in [-0.25, -0.2) is 0 Å². The Kier molecular flexibility index (Phi) is 4.45. The molecule has 4 heteroatoms. The van der Waals surface area contributed by atoms with E-state index in [0.29, 0.717) is 0 Å². The van der Waals surface area contributed by atoms with Crippen LogP contribution in [0.2, 0.25) is 0 Å². The number of halogens is 1. The quantitative estimate of drug-likeness (QED) is 0.846. The molecule has 0 radical (unpaired) electrons. The van der Waals surface area contributed by atoms with E-state index in [-0.39, 0.29) is 0 Å². The molecule has 0 spiro atoms. The Morgan fingerprint density at radius 2 is 1.76 bits per heavy atom. The molecular formula is C17H22BrN3. The Bertz CT molecular complexity index is 606. The second-order valence-corrected chi connectivity index (χ2v) is 6.50. The van der Waals surface area contributed by atoms with E-state index in [2.05, 4.69) is 68.7 Å². The van der Waals surface area contributed by atoms with Gasteiger partial charge >= 0.3 is 0 Å². The molecule has 0 atom stereocenters. The summed E-state index contributed by atoms with van der Waals surface area (Å²) in [5, 5.41) is 4.60. The van der Waals surface area contributed by atoms with E-state index < -0.39 is 0 Å². The molecule has 112 valence electrons. The van der Waals surface area contributed by atoms with Gasteiger partial charge in [-0.3, -0.25) is 9.58 Å². The highest BCUT2D eigenvalue weighted by molar-refractivity contribution is 9.10. The van der Waals surface area contributed by atoms with Crippen molar-refractivity contribution in [2.24, 2.45) is 0 Å². The fraction of sp³-hybridized carbons (Fsp3) is 0.471. The minimum Gasteiger partial charge on any atom is -0.297 e. The van der Waals surface area contributed by atoms with E-state index in [9.17, 15) is 0 Å². The van der Waals surface area contributed by atoms with Crippen LogP contribution in [0.3, 0.4) is 0 Å². The average molecular weight is 348 g/mol. The van der Waals surface area contributed by atoms with Crippen LogP contribution < -0.4 is 0 Å². The summed E-state index contributed by atoms with van der Waals surface area (Å²) in [6.07, 6.45) is 2.29. The fourth-order valence-corrected chi connectivity index (χ4v) is 3.51. The molecule has 0 amide bonds. The Morgan fingerprint density at radius 1 is 1.14 bits per heavy atom. The third kappa shape index (κ3) is 3.06. The summed E-state index contributed by atoms with van der Waals surface area (Å²) < 4.78 is 3.29. The SMILES string of the molecule is CCn1nc(C)c(Br)c1CN1CCc2ccccc2CC1. The van der Waals surface area contributed by atoms with Gasteiger partial charge in [0, 0.05) is 26.2 Å². The van der Waals surface area contributed by atoms with Crippen LogP contribution >= 0.6 is 15.9 Å². The second kappa shape index (κ2) is 6.32. The van der Waals surface area contributed by atoms with E-state index in [1.807, 2.05) is 0 Å². The second-order valence-electron chi connectivity index (χ2n) is 5.71. The highest BCUT2D eigenvalue weighted by Crippen LogP contribution is 2.24. The first-order valence-electron chi connectivity index (χ1n) is 7.70. The van der Waals surface area contributed by atoms with Crippen LogP contribution in [0.25, 0.3) is 0 Å². The number of aromatic nitrogens is 2. The Balaban J connectivity index is 1.76. The molecule has 0 unspecified atom stereocenters. The summed E-state index contributed by atoms with van der Waals surface area (Å²) in [6, 6.07) is 8.85. The number of fused-ring (bicyclic) bond motifs is 1. The van der Waals surface area contributed by atoms with Gasteiger partial charge in [0.2, 0.25) is 0 Å². The number of benzene rings is 1. The van der Waals surface area contributed by atoms with E-state index in [1.165, 1.54) is 21.3 Å². The van der Waals surface area contributed by atoms with Crippen molar-refractivity contribution in [3.05, 3.63) is 51.3 Å². The predicted molar refractivity (Wildman–Crippen MR) is 89.5 cm³/mol. The highest BCUT2D eigenvalue weighted by atomic mass is 79.9. The lowest BCUT2D eigenvalue weighted by Crippen LogP contribution is -2.27.